The van der Waals surface area contributed by atoms with Gasteiger partial charge in [0.05, 0.1) is 0 Å². The molecule has 3 heteroatoms. The molecule has 0 fully saturated rings. The van der Waals surface area contributed by atoms with Gasteiger partial charge in [-0.1, -0.05) is 31.2 Å². The average molecular weight is 261 g/mol. The molecule has 1 aromatic carbocycles. The van der Waals surface area contributed by atoms with Gasteiger partial charge in [-0.05, 0) is 45.1 Å². The summed E-state index contributed by atoms with van der Waals surface area (Å²) in [5.74, 6) is 0. The van der Waals surface area contributed by atoms with Crippen LogP contribution in [0.3, 0.4) is 0 Å². The SMILES string of the molecule is CCN(C(C)CN(C)C)C1CC(N)c2ccccc21. The van der Waals surface area contributed by atoms with Gasteiger partial charge in [0, 0.05) is 24.7 Å². The molecule has 3 unspecified atom stereocenters. The summed E-state index contributed by atoms with van der Waals surface area (Å²) in [5.41, 5.74) is 9.06. The molecule has 0 saturated heterocycles. The normalized spacial score (nSPS) is 23.9. The Morgan fingerprint density at radius 2 is 1.89 bits per heavy atom. The van der Waals surface area contributed by atoms with Gasteiger partial charge in [0.15, 0.2) is 0 Å². The summed E-state index contributed by atoms with van der Waals surface area (Å²) in [6.07, 6.45) is 1.05. The molecule has 1 aliphatic carbocycles. The molecular formula is C16H27N3. The van der Waals surface area contributed by atoms with Gasteiger partial charge in [-0.2, -0.15) is 0 Å². The first-order chi connectivity index (χ1) is 9.04. The zero-order valence-electron chi connectivity index (χ0n) is 12.6. The van der Waals surface area contributed by atoms with Gasteiger partial charge in [0.25, 0.3) is 0 Å². The molecule has 3 atom stereocenters. The van der Waals surface area contributed by atoms with E-state index >= 15 is 0 Å². The summed E-state index contributed by atoms with van der Waals surface area (Å²) in [5, 5.41) is 0. The van der Waals surface area contributed by atoms with E-state index in [2.05, 4.69) is 62.0 Å². The van der Waals surface area contributed by atoms with Crippen LogP contribution in [0, 0.1) is 0 Å². The molecule has 3 nitrogen and oxygen atoms in total. The van der Waals surface area contributed by atoms with E-state index in [0.717, 1.165) is 19.5 Å². The predicted molar refractivity (Wildman–Crippen MR) is 81.1 cm³/mol. The Hall–Kier alpha value is -0.900. The lowest BCUT2D eigenvalue weighted by Crippen LogP contribution is -2.41. The summed E-state index contributed by atoms with van der Waals surface area (Å²) in [7, 11) is 4.28. The summed E-state index contributed by atoms with van der Waals surface area (Å²) >= 11 is 0. The molecule has 106 valence electrons. The van der Waals surface area contributed by atoms with Crippen molar-refractivity contribution in [3.8, 4) is 0 Å². The van der Waals surface area contributed by atoms with Crippen LogP contribution in [-0.2, 0) is 0 Å². The molecule has 0 heterocycles. The number of nitrogens with two attached hydrogens (primary N) is 1. The molecule has 0 bridgehead atoms. The highest BCUT2D eigenvalue weighted by Crippen LogP contribution is 2.41. The summed E-state index contributed by atoms with van der Waals surface area (Å²) < 4.78 is 0. The van der Waals surface area contributed by atoms with Gasteiger partial charge in [-0.25, -0.2) is 0 Å². The van der Waals surface area contributed by atoms with Gasteiger partial charge in [-0.15, -0.1) is 0 Å². The standard InChI is InChI=1S/C16H27N3/c1-5-19(12(2)11-18(3)4)16-10-15(17)13-8-6-7-9-14(13)16/h6-9,12,15-16H,5,10-11,17H2,1-4H3. The second kappa shape index (κ2) is 6.04. The number of rotatable bonds is 5. The first-order valence-electron chi connectivity index (χ1n) is 7.29. The molecule has 0 aromatic heterocycles. The van der Waals surface area contributed by atoms with Gasteiger partial charge in [-0.3, -0.25) is 4.90 Å². The zero-order valence-corrected chi connectivity index (χ0v) is 12.6. The van der Waals surface area contributed by atoms with Crippen LogP contribution in [0.5, 0.6) is 0 Å². The largest absolute Gasteiger partial charge is 0.324 e. The first kappa shape index (κ1) is 14.5. The number of hydrogen-bond acceptors (Lipinski definition) is 3. The minimum absolute atomic E-state index is 0.196. The Morgan fingerprint density at radius 1 is 1.26 bits per heavy atom. The fraction of sp³-hybridized carbons (Fsp3) is 0.625. The molecule has 0 spiro atoms. The van der Waals surface area contributed by atoms with Gasteiger partial charge >= 0.3 is 0 Å². The molecule has 1 aromatic rings. The number of hydrogen-bond donors (Lipinski definition) is 1. The van der Waals surface area contributed by atoms with E-state index in [1.165, 1.54) is 11.1 Å². The van der Waals surface area contributed by atoms with Crippen molar-refractivity contribution in [2.75, 3.05) is 27.2 Å². The van der Waals surface area contributed by atoms with Crippen LogP contribution in [0.1, 0.15) is 43.5 Å². The van der Waals surface area contributed by atoms with Crippen LogP contribution in [-0.4, -0.2) is 43.0 Å². The van der Waals surface area contributed by atoms with Crippen molar-refractivity contribution in [2.45, 2.75) is 38.4 Å². The Balaban J connectivity index is 2.21. The molecule has 0 radical (unpaired) electrons. The second-order valence-corrected chi connectivity index (χ2v) is 5.93. The molecule has 1 aliphatic rings. The third kappa shape index (κ3) is 2.99. The quantitative estimate of drug-likeness (QED) is 0.883. The second-order valence-electron chi connectivity index (χ2n) is 5.93. The Bertz CT molecular complexity index is 416. The summed E-state index contributed by atoms with van der Waals surface area (Å²) in [4.78, 5) is 4.85. The highest BCUT2D eigenvalue weighted by Gasteiger charge is 2.33. The van der Waals surface area contributed by atoms with Crippen LogP contribution < -0.4 is 5.73 Å². The van der Waals surface area contributed by atoms with Crippen LogP contribution in [0.2, 0.25) is 0 Å². The lowest BCUT2D eigenvalue weighted by atomic mass is 10.1. The third-order valence-electron chi connectivity index (χ3n) is 4.19. The number of nitrogens with zero attached hydrogens (tertiary/aromatic N) is 2. The fourth-order valence-corrected chi connectivity index (χ4v) is 3.43. The highest BCUT2D eigenvalue weighted by molar-refractivity contribution is 5.37. The molecule has 2 N–H and O–H groups in total. The van der Waals surface area contributed by atoms with Crippen molar-refractivity contribution in [3.05, 3.63) is 35.4 Å². The van der Waals surface area contributed by atoms with Crippen molar-refractivity contribution in [1.82, 2.24) is 9.80 Å². The molecule has 0 aliphatic heterocycles. The van der Waals surface area contributed by atoms with Gasteiger partial charge in [0.1, 0.15) is 0 Å². The fourth-order valence-electron chi connectivity index (χ4n) is 3.43. The Labute approximate surface area is 117 Å². The number of fused-ring (bicyclic) bond motifs is 1. The van der Waals surface area contributed by atoms with Crippen LogP contribution in [0.15, 0.2) is 24.3 Å². The number of benzene rings is 1. The lowest BCUT2D eigenvalue weighted by molar-refractivity contribution is 0.124. The van der Waals surface area contributed by atoms with E-state index in [9.17, 15) is 0 Å². The van der Waals surface area contributed by atoms with Crippen molar-refractivity contribution >= 4 is 0 Å². The molecule has 19 heavy (non-hydrogen) atoms. The maximum absolute atomic E-state index is 6.29. The minimum atomic E-state index is 0.196. The van der Waals surface area contributed by atoms with Crippen LogP contribution in [0.25, 0.3) is 0 Å². The summed E-state index contributed by atoms with van der Waals surface area (Å²) in [6.45, 7) is 6.72. The van der Waals surface area contributed by atoms with E-state index in [1.807, 2.05) is 0 Å². The van der Waals surface area contributed by atoms with E-state index in [4.69, 9.17) is 5.73 Å². The number of likely N-dealkylation sites (N-methyl/N-ethyl adjacent to an activating group) is 2. The lowest BCUT2D eigenvalue weighted by Gasteiger charge is -2.35. The topological polar surface area (TPSA) is 32.5 Å². The monoisotopic (exact) mass is 261 g/mol. The molecule has 0 saturated carbocycles. The van der Waals surface area contributed by atoms with Gasteiger partial charge < -0.3 is 10.6 Å². The van der Waals surface area contributed by atoms with E-state index in [-0.39, 0.29) is 6.04 Å². The minimum Gasteiger partial charge on any atom is -0.324 e. The van der Waals surface area contributed by atoms with Crippen molar-refractivity contribution < 1.29 is 0 Å². The van der Waals surface area contributed by atoms with Crippen molar-refractivity contribution in [1.29, 1.82) is 0 Å². The predicted octanol–water partition coefficient (Wildman–Crippen LogP) is 2.40. The highest BCUT2D eigenvalue weighted by atomic mass is 15.2. The summed E-state index contributed by atoms with van der Waals surface area (Å²) in [6, 6.07) is 9.88. The maximum atomic E-state index is 6.29. The molecule has 0 amide bonds. The smallest absolute Gasteiger partial charge is 0.0372 e. The van der Waals surface area contributed by atoms with Crippen molar-refractivity contribution in [2.24, 2.45) is 5.73 Å². The third-order valence-corrected chi connectivity index (χ3v) is 4.19. The molecule has 2 rings (SSSR count). The zero-order chi connectivity index (χ0) is 14.0. The van der Waals surface area contributed by atoms with Crippen molar-refractivity contribution in [3.63, 3.8) is 0 Å². The Morgan fingerprint density at radius 3 is 2.47 bits per heavy atom. The van der Waals surface area contributed by atoms with Crippen LogP contribution >= 0.6 is 0 Å². The first-order valence-corrected chi connectivity index (χ1v) is 7.29. The Kier molecular flexibility index (Phi) is 4.61. The maximum Gasteiger partial charge on any atom is 0.0372 e. The van der Waals surface area contributed by atoms with E-state index in [1.54, 1.807) is 0 Å². The van der Waals surface area contributed by atoms with E-state index < -0.39 is 0 Å². The van der Waals surface area contributed by atoms with Crippen LogP contribution in [0.4, 0.5) is 0 Å². The van der Waals surface area contributed by atoms with E-state index in [0.29, 0.717) is 12.1 Å². The molecular weight excluding hydrogens is 234 g/mol. The average Bonchev–Trinajstić information content (AvgIpc) is 2.68. The van der Waals surface area contributed by atoms with Gasteiger partial charge in [0.2, 0.25) is 0 Å².